The summed E-state index contributed by atoms with van der Waals surface area (Å²) in [5, 5.41) is 0. The van der Waals surface area contributed by atoms with Gasteiger partial charge < -0.3 is 5.73 Å². The lowest BCUT2D eigenvalue weighted by Crippen LogP contribution is -2.00. The second-order valence-electron chi connectivity index (χ2n) is 3.97. The van der Waals surface area contributed by atoms with Crippen LogP contribution in [0, 0.1) is 0 Å². The minimum absolute atomic E-state index is 0.820. The van der Waals surface area contributed by atoms with Crippen LogP contribution >= 0.6 is 0 Å². The van der Waals surface area contributed by atoms with Crippen molar-refractivity contribution in [3.05, 3.63) is 35.1 Å². The molecule has 80 valence electrons. The van der Waals surface area contributed by atoms with Crippen molar-refractivity contribution in [2.45, 2.75) is 47.0 Å². The summed E-state index contributed by atoms with van der Waals surface area (Å²) in [5.74, 6) is 0. The lowest BCUT2D eigenvalue weighted by molar-refractivity contribution is 0.786. The van der Waals surface area contributed by atoms with Crippen LogP contribution in [0.25, 0.3) is 0 Å². The summed E-state index contributed by atoms with van der Waals surface area (Å²) < 4.78 is 0. The highest BCUT2D eigenvalue weighted by Gasteiger charge is 1.96. The van der Waals surface area contributed by atoms with Gasteiger partial charge in [0, 0.05) is 5.70 Å². The first-order chi connectivity index (χ1) is 6.49. The third-order valence-corrected chi connectivity index (χ3v) is 2.27. The molecule has 0 aromatic rings. The Labute approximate surface area is 88.4 Å². The van der Waals surface area contributed by atoms with Gasteiger partial charge in [-0.2, -0.15) is 0 Å². The van der Waals surface area contributed by atoms with Gasteiger partial charge in [-0.3, -0.25) is 0 Å². The highest BCUT2D eigenvalue weighted by Crippen LogP contribution is 2.13. The summed E-state index contributed by atoms with van der Waals surface area (Å²) in [7, 11) is 0. The van der Waals surface area contributed by atoms with Crippen molar-refractivity contribution >= 4 is 0 Å². The standard InChI is InChI=1S/C13H23N/c1-6-7-8-11(4)9-12(5)13(14)10(2)3/h9H,2,6-8,14H2,1,3-5H3/b11-9?,13-12+. The SMILES string of the molecule is C=C(C)/C(N)=C(/C)C=C(C)CCCC. The Morgan fingerprint density at radius 1 is 1.29 bits per heavy atom. The molecule has 0 saturated heterocycles. The number of hydrogen-bond acceptors (Lipinski definition) is 1. The molecular weight excluding hydrogens is 170 g/mol. The van der Waals surface area contributed by atoms with Gasteiger partial charge in [-0.25, -0.2) is 0 Å². The monoisotopic (exact) mass is 193 g/mol. The van der Waals surface area contributed by atoms with E-state index in [1.165, 1.54) is 18.4 Å². The van der Waals surface area contributed by atoms with Crippen molar-refractivity contribution in [3.8, 4) is 0 Å². The first-order valence-electron chi connectivity index (χ1n) is 5.28. The van der Waals surface area contributed by atoms with Gasteiger partial charge in [0.1, 0.15) is 0 Å². The molecule has 1 heteroatoms. The van der Waals surface area contributed by atoms with Crippen LogP contribution in [0.1, 0.15) is 47.0 Å². The molecule has 0 aromatic carbocycles. The fourth-order valence-electron chi connectivity index (χ4n) is 1.31. The largest absolute Gasteiger partial charge is 0.398 e. The van der Waals surface area contributed by atoms with Crippen molar-refractivity contribution in [2.75, 3.05) is 0 Å². The molecule has 0 spiro atoms. The zero-order chi connectivity index (χ0) is 11.1. The van der Waals surface area contributed by atoms with E-state index in [2.05, 4.69) is 26.5 Å². The Balaban J connectivity index is 4.48. The Bertz CT molecular complexity index is 256. The van der Waals surface area contributed by atoms with Crippen LogP contribution in [-0.2, 0) is 0 Å². The second-order valence-corrected chi connectivity index (χ2v) is 3.97. The lowest BCUT2D eigenvalue weighted by Gasteiger charge is -2.05. The van der Waals surface area contributed by atoms with E-state index >= 15 is 0 Å². The summed E-state index contributed by atoms with van der Waals surface area (Å²) >= 11 is 0. The predicted molar refractivity (Wildman–Crippen MR) is 65.0 cm³/mol. The first kappa shape index (κ1) is 13.0. The highest BCUT2D eigenvalue weighted by molar-refractivity contribution is 5.35. The summed E-state index contributed by atoms with van der Waals surface area (Å²) in [6.45, 7) is 12.2. The molecule has 2 N–H and O–H groups in total. The molecule has 0 bridgehead atoms. The molecule has 0 heterocycles. The Morgan fingerprint density at radius 3 is 2.29 bits per heavy atom. The van der Waals surface area contributed by atoms with E-state index in [1.807, 2.05) is 13.8 Å². The maximum atomic E-state index is 5.87. The first-order valence-corrected chi connectivity index (χ1v) is 5.28. The Morgan fingerprint density at radius 2 is 1.86 bits per heavy atom. The molecule has 0 unspecified atom stereocenters. The normalized spacial score (nSPS) is 13.9. The summed E-state index contributed by atoms with van der Waals surface area (Å²) in [4.78, 5) is 0. The van der Waals surface area contributed by atoms with Crippen LogP contribution in [0.2, 0.25) is 0 Å². The zero-order valence-corrected chi connectivity index (χ0v) is 9.98. The third kappa shape index (κ3) is 4.90. The lowest BCUT2D eigenvalue weighted by atomic mass is 10.0. The number of allylic oxidation sites excluding steroid dienone is 4. The van der Waals surface area contributed by atoms with Gasteiger partial charge in [0.15, 0.2) is 0 Å². The van der Waals surface area contributed by atoms with Gasteiger partial charge in [-0.05, 0) is 44.8 Å². The second kappa shape index (κ2) is 6.47. The molecule has 0 aliphatic carbocycles. The zero-order valence-electron chi connectivity index (χ0n) is 9.98. The van der Waals surface area contributed by atoms with E-state index in [1.54, 1.807) is 0 Å². The van der Waals surface area contributed by atoms with E-state index in [9.17, 15) is 0 Å². The molecule has 0 rings (SSSR count). The topological polar surface area (TPSA) is 26.0 Å². The molecular formula is C13H23N. The average Bonchev–Trinajstić information content (AvgIpc) is 2.13. The number of rotatable bonds is 5. The van der Waals surface area contributed by atoms with Crippen molar-refractivity contribution in [2.24, 2.45) is 5.73 Å². The smallest absolute Gasteiger partial charge is 0.0367 e. The number of nitrogens with two attached hydrogens (primary N) is 1. The van der Waals surface area contributed by atoms with Crippen molar-refractivity contribution in [1.29, 1.82) is 0 Å². The molecule has 1 nitrogen and oxygen atoms in total. The predicted octanol–water partition coefficient (Wildman–Crippen LogP) is 3.93. The summed E-state index contributed by atoms with van der Waals surface area (Å²) in [5.41, 5.74) is 10.2. The molecule has 0 atom stereocenters. The van der Waals surface area contributed by atoms with Gasteiger partial charge in [0.05, 0.1) is 0 Å². The molecule has 14 heavy (non-hydrogen) atoms. The molecule has 0 aromatic heterocycles. The quantitative estimate of drug-likeness (QED) is 0.658. The van der Waals surface area contributed by atoms with Gasteiger partial charge in [0.25, 0.3) is 0 Å². The summed E-state index contributed by atoms with van der Waals surface area (Å²) in [6.07, 6.45) is 5.82. The Hall–Kier alpha value is -0.980. The fraction of sp³-hybridized carbons (Fsp3) is 0.538. The van der Waals surface area contributed by atoms with Gasteiger partial charge in [0.2, 0.25) is 0 Å². The minimum atomic E-state index is 0.820. The molecule has 0 radical (unpaired) electrons. The van der Waals surface area contributed by atoms with Crippen LogP contribution in [0.5, 0.6) is 0 Å². The van der Waals surface area contributed by atoms with Gasteiger partial charge >= 0.3 is 0 Å². The van der Waals surface area contributed by atoms with E-state index in [-0.39, 0.29) is 0 Å². The molecule has 0 aliphatic rings. The molecule has 0 amide bonds. The molecule has 0 saturated carbocycles. The van der Waals surface area contributed by atoms with E-state index < -0.39 is 0 Å². The molecule has 0 fully saturated rings. The van der Waals surface area contributed by atoms with Crippen LogP contribution < -0.4 is 5.73 Å². The fourth-order valence-corrected chi connectivity index (χ4v) is 1.31. The maximum absolute atomic E-state index is 5.87. The van der Waals surface area contributed by atoms with Gasteiger partial charge in [-0.15, -0.1) is 0 Å². The third-order valence-electron chi connectivity index (χ3n) is 2.27. The number of hydrogen-bond donors (Lipinski definition) is 1. The maximum Gasteiger partial charge on any atom is 0.0367 e. The highest BCUT2D eigenvalue weighted by atomic mass is 14.6. The Kier molecular flexibility index (Phi) is 6.02. The number of unbranched alkanes of at least 4 members (excludes halogenated alkanes) is 1. The van der Waals surface area contributed by atoms with Crippen molar-refractivity contribution in [3.63, 3.8) is 0 Å². The summed E-state index contributed by atoms with van der Waals surface area (Å²) in [6, 6.07) is 0. The van der Waals surface area contributed by atoms with E-state index in [0.717, 1.165) is 23.3 Å². The van der Waals surface area contributed by atoms with Crippen molar-refractivity contribution in [1.82, 2.24) is 0 Å². The minimum Gasteiger partial charge on any atom is -0.398 e. The van der Waals surface area contributed by atoms with E-state index in [0.29, 0.717) is 0 Å². The van der Waals surface area contributed by atoms with E-state index in [4.69, 9.17) is 5.73 Å². The van der Waals surface area contributed by atoms with Crippen molar-refractivity contribution < 1.29 is 0 Å². The molecule has 0 aliphatic heterocycles. The average molecular weight is 193 g/mol. The van der Waals surface area contributed by atoms with Gasteiger partial charge in [-0.1, -0.05) is 31.6 Å². The van der Waals surface area contributed by atoms with Crippen LogP contribution in [0.4, 0.5) is 0 Å². The van der Waals surface area contributed by atoms with Crippen LogP contribution in [0.15, 0.2) is 35.1 Å². The van der Waals surface area contributed by atoms with Crippen LogP contribution in [-0.4, -0.2) is 0 Å². The van der Waals surface area contributed by atoms with Crippen LogP contribution in [0.3, 0.4) is 0 Å².